The lowest BCUT2D eigenvalue weighted by Gasteiger charge is -2.10. The molecule has 25 heavy (non-hydrogen) atoms. The molecule has 0 amide bonds. The fraction of sp³-hybridized carbons (Fsp3) is 0.125. The summed E-state index contributed by atoms with van der Waals surface area (Å²) in [6, 6.07) is 21.1. The van der Waals surface area contributed by atoms with E-state index >= 15 is 0 Å². The molecule has 1 aromatic heterocycles. The fourth-order valence-corrected chi connectivity index (χ4v) is 4.11. The molecule has 0 fully saturated rings. The Morgan fingerprint density at radius 2 is 1.52 bits per heavy atom. The van der Waals surface area contributed by atoms with E-state index in [4.69, 9.17) is 4.11 Å². The van der Waals surface area contributed by atoms with E-state index in [-0.39, 0.29) is 0 Å². The third-order valence-corrected chi connectivity index (χ3v) is 5.26. The third kappa shape index (κ3) is 1.99. The molecule has 5 rings (SSSR count). The van der Waals surface area contributed by atoms with Crippen molar-refractivity contribution in [2.45, 2.75) is 13.8 Å². The van der Waals surface area contributed by atoms with Crippen LogP contribution in [0.5, 0.6) is 0 Å². The Labute approximate surface area is 152 Å². The van der Waals surface area contributed by atoms with Gasteiger partial charge in [-0.25, -0.2) is 4.57 Å². The van der Waals surface area contributed by atoms with Crippen LogP contribution in [0.1, 0.15) is 15.2 Å². The van der Waals surface area contributed by atoms with Crippen LogP contribution in [-0.2, 0) is 7.05 Å². The van der Waals surface area contributed by atoms with Gasteiger partial charge in [-0.2, -0.15) is 0 Å². The first kappa shape index (κ1) is 11.6. The van der Waals surface area contributed by atoms with Crippen molar-refractivity contribution >= 4 is 10.8 Å². The molecule has 4 aromatic rings. The average molecular weight is 325 g/mol. The van der Waals surface area contributed by atoms with Crippen LogP contribution in [0.25, 0.3) is 44.3 Å². The highest BCUT2D eigenvalue weighted by atomic mass is 14.9. The topological polar surface area (TPSA) is 3.88 Å². The number of rotatable bonds is 1. The number of fused-ring (bicyclic) bond motifs is 3. The summed E-state index contributed by atoms with van der Waals surface area (Å²) in [4.78, 5) is 0. The molecule has 0 atom stereocenters. The minimum Gasteiger partial charge on any atom is -0.201 e. The van der Waals surface area contributed by atoms with Crippen molar-refractivity contribution in [3.8, 4) is 33.5 Å². The number of hydrogen-bond acceptors (Lipinski definition) is 0. The first-order valence-electron chi connectivity index (χ1n) is 10.0. The normalized spacial score (nSPS) is 14.1. The Hall–Kier alpha value is -2.93. The van der Waals surface area contributed by atoms with Gasteiger partial charge < -0.3 is 0 Å². The zero-order chi connectivity index (χ0) is 19.6. The molecule has 120 valence electrons. The standard InChI is InChI=1S/C24H20N/c1-15-10-11-23(25(3)14-15)20-13-22-19-9-5-7-17-6-4-8-18(24(17)19)21(22)12-16(20)2/h4-14H,1-3H3/q+1/i1D3. The van der Waals surface area contributed by atoms with Crippen LogP contribution in [0.3, 0.4) is 0 Å². The molecule has 0 N–H and O–H groups in total. The molecule has 1 heteroatoms. The molecule has 1 heterocycles. The monoisotopic (exact) mass is 325 g/mol. The van der Waals surface area contributed by atoms with Gasteiger partial charge in [0.15, 0.2) is 6.20 Å². The molecule has 0 unspecified atom stereocenters. The smallest absolute Gasteiger partial charge is 0.201 e. The van der Waals surface area contributed by atoms with Crippen molar-refractivity contribution in [2.24, 2.45) is 7.05 Å². The second-order valence-electron chi connectivity index (χ2n) is 6.84. The molecule has 0 spiro atoms. The van der Waals surface area contributed by atoms with Crippen molar-refractivity contribution in [1.82, 2.24) is 0 Å². The lowest BCUT2D eigenvalue weighted by Crippen LogP contribution is -2.31. The number of aromatic nitrogens is 1. The van der Waals surface area contributed by atoms with Crippen LogP contribution in [0, 0.1) is 13.8 Å². The first-order chi connectivity index (χ1) is 13.3. The number of benzene rings is 3. The van der Waals surface area contributed by atoms with Gasteiger partial charge in [-0.05, 0) is 70.6 Å². The van der Waals surface area contributed by atoms with Crippen molar-refractivity contribution in [3.63, 3.8) is 0 Å². The molecular weight excluding hydrogens is 302 g/mol. The summed E-state index contributed by atoms with van der Waals surface area (Å²) >= 11 is 0. The van der Waals surface area contributed by atoms with E-state index in [1.807, 2.05) is 17.7 Å². The van der Waals surface area contributed by atoms with E-state index in [1.54, 1.807) is 12.3 Å². The van der Waals surface area contributed by atoms with Crippen molar-refractivity contribution in [3.05, 3.63) is 78.0 Å². The molecule has 0 bridgehead atoms. The number of pyridine rings is 1. The maximum Gasteiger partial charge on any atom is 0.212 e. The van der Waals surface area contributed by atoms with Gasteiger partial charge in [-0.3, -0.25) is 0 Å². The van der Waals surface area contributed by atoms with E-state index in [1.165, 1.54) is 38.6 Å². The molecule has 0 aliphatic heterocycles. The Morgan fingerprint density at radius 1 is 0.800 bits per heavy atom. The maximum atomic E-state index is 7.65. The van der Waals surface area contributed by atoms with E-state index in [0.717, 1.165) is 11.3 Å². The van der Waals surface area contributed by atoms with Crippen LogP contribution in [0.4, 0.5) is 0 Å². The van der Waals surface area contributed by atoms with Gasteiger partial charge >= 0.3 is 0 Å². The van der Waals surface area contributed by atoms with E-state index < -0.39 is 6.85 Å². The summed E-state index contributed by atoms with van der Waals surface area (Å²) in [7, 11) is 1.91. The molecule has 1 nitrogen and oxygen atoms in total. The highest BCUT2D eigenvalue weighted by Crippen LogP contribution is 2.48. The van der Waals surface area contributed by atoms with Gasteiger partial charge in [-0.15, -0.1) is 0 Å². The zero-order valence-corrected chi connectivity index (χ0v) is 14.3. The van der Waals surface area contributed by atoms with Gasteiger partial charge in [-0.1, -0.05) is 36.4 Å². The van der Waals surface area contributed by atoms with Crippen LogP contribution >= 0.6 is 0 Å². The van der Waals surface area contributed by atoms with Crippen molar-refractivity contribution < 1.29 is 8.68 Å². The van der Waals surface area contributed by atoms with E-state index in [9.17, 15) is 0 Å². The summed E-state index contributed by atoms with van der Waals surface area (Å²) < 4.78 is 24.9. The maximum absolute atomic E-state index is 7.65. The predicted octanol–water partition coefficient (Wildman–Crippen LogP) is 5.60. The van der Waals surface area contributed by atoms with Crippen LogP contribution in [0.2, 0.25) is 0 Å². The summed E-state index contributed by atoms with van der Waals surface area (Å²) in [6.07, 6.45) is 1.71. The second-order valence-corrected chi connectivity index (χ2v) is 6.84. The molecule has 0 saturated carbocycles. The van der Waals surface area contributed by atoms with Crippen molar-refractivity contribution in [2.75, 3.05) is 0 Å². The molecule has 1 aliphatic rings. The fourth-order valence-electron chi connectivity index (χ4n) is 4.11. The largest absolute Gasteiger partial charge is 0.212 e. The summed E-state index contributed by atoms with van der Waals surface area (Å²) in [5, 5.41) is 2.58. The summed E-state index contributed by atoms with van der Waals surface area (Å²) in [5.74, 6) is 0. The van der Waals surface area contributed by atoms with Crippen LogP contribution in [-0.4, -0.2) is 0 Å². The Bertz CT molecular complexity index is 1260. The minimum absolute atomic E-state index is 0.356. The lowest BCUT2D eigenvalue weighted by molar-refractivity contribution is -0.660. The number of nitrogens with zero attached hydrogens (tertiary/aromatic N) is 1. The molecule has 0 radical (unpaired) electrons. The Kier molecular flexibility index (Phi) is 2.33. The highest BCUT2D eigenvalue weighted by Gasteiger charge is 2.24. The minimum atomic E-state index is -2.10. The van der Waals surface area contributed by atoms with Gasteiger partial charge in [0.1, 0.15) is 7.05 Å². The Morgan fingerprint density at radius 3 is 2.20 bits per heavy atom. The second kappa shape index (κ2) is 5.03. The van der Waals surface area contributed by atoms with Crippen molar-refractivity contribution in [1.29, 1.82) is 0 Å². The van der Waals surface area contributed by atoms with E-state index in [2.05, 4.69) is 55.5 Å². The number of aryl methyl sites for hydroxylation is 3. The van der Waals surface area contributed by atoms with Gasteiger partial charge in [0, 0.05) is 21.3 Å². The van der Waals surface area contributed by atoms with Gasteiger partial charge in [0.25, 0.3) is 0 Å². The first-order valence-corrected chi connectivity index (χ1v) is 8.52. The molecule has 0 saturated heterocycles. The molecule has 1 aliphatic carbocycles. The average Bonchev–Trinajstić information content (AvgIpc) is 2.96. The predicted molar refractivity (Wildman–Crippen MR) is 104 cm³/mol. The SMILES string of the molecule is [2H]C([2H])([2H])c1ccc(-c2cc3c(cc2C)-c2cccc4cccc-3c24)[n+](C)c1. The van der Waals surface area contributed by atoms with Gasteiger partial charge in [0.2, 0.25) is 5.69 Å². The van der Waals surface area contributed by atoms with Crippen LogP contribution in [0.15, 0.2) is 66.9 Å². The molecular formula is C24H20N+. The number of hydrogen-bond donors (Lipinski definition) is 0. The summed E-state index contributed by atoms with van der Waals surface area (Å²) in [6.45, 7) is 0.0248. The quantitative estimate of drug-likeness (QED) is 0.353. The van der Waals surface area contributed by atoms with Gasteiger partial charge in [0.05, 0.1) is 0 Å². The van der Waals surface area contributed by atoms with Crippen LogP contribution < -0.4 is 4.57 Å². The molecule has 3 aromatic carbocycles. The zero-order valence-electron chi connectivity index (χ0n) is 17.3. The van der Waals surface area contributed by atoms with E-state index in [0.29, 0.717) is 5.56 Å². The highest BCUT2D eigenvalue weighted by molar-refractivity contribution is 6.15. The lowest BCUT2D eigenvalue weighted by atomic mass is 9.95. The third-order valence-electron chi connectivity index (χ3n) is 5.26. The Balaban J connectivity index is 1.73. The summed E-state index contributed by atoms with van der Waals surface area (Å²) in [5.41, 5.74) is 8.75.